The van der Waals surface area contributed by atoms with Gasteiger partial charge in [-0.3, -0.25) is 4.68 Å². The molecule has 3 nitrogen and oxygen atoms in total. The summed E-state index contributed by atoms with van der Waals surface area (Å²) in [7, 11) is 0. The monoisotopic (exact) mass is 235 g/mol. The lowest BCUT2D eigenvalue weighted by atomic mass is 10.1. The Morgan fingerprint density at radius 2 is 2.00 bits per heavy atom. The molecule has 1 rings (SSSR count). The van der Waals surface area contributed by atoms with Crippen LogP contribution in [0.15, 0.2) is 6.07 Å². The highest BCUT2D eigenvalue weighted by atomic mass is 19.4. The molecule has 0 spiro atoms. The fourth-order valence-electron chi connectivity index (χ4n) is 1.71. The smallest absolute Gasteiger partial charge is 0.326 e. The Morgan fingerprint density at radius 3 is 2.31 bits per heavy atom. The molecule has 0 fully saturated rings. The second kappa shape index (κ2) is 4.45. The van der Waals surface area contributed by atoms with Crippen molar-refractivity contribution in [1.82, 2.24) is 9.78 Å². The average Bonchev–Trinajstić information content (AvgIpc) is 2.43. The van der Waals surface area contributed by atoms with E-state index in [1.165, 1.54) is 0 Å². The number of halogens is 3. The van der Waals surface area contributed by atoms with Crippen molar-refractivity contribution in [2.75, 3.05) is 0 Å². The van der Waals surface area contributed by atoms with Gasteiger partial charge in [-0.05, 0) is 26.3 Å². The number of nitrogens with zero attached hydrogens (tertiary/aromatic N) is 2. The van der Waals surface area contributed by atoms with Crippen LogP contribution in [-0.2, 0) is 0 Å². The topological polar surface area (TPSA) is 43.8 Å². The van der Waals surface area contributed by atoms with E-state index in [1.54, 1.807) is 26.8 Å². The Balaban J connectivity index is 3.16. The van der Waals surface area contributed by atoms with E-state index >= 15 is 0 Å². The Labute approximate surface area is 92.4 Å². The van der Waals surface area contributed by atoms with Gasteiger partial charge in [0, 0.05) is 11.7 Å². The van der Waals surface area contributed by atoms with E-state index in [0.717, 1.165) is 4.68 Å². The lowest BCUT2D eigenvalue weighted by molar-refractivity contribution is -0.176. The molecule has 0 aliphatic carbocycles. The zero-order valence-electron chi connectivity index (χ0n) is 9.54. The fraction of sp³-hybridized carbons (Fsp3) is 0.700. The first-order chi connectivity index (χ1) is 7.27. The third-order valence-electron chi connectivity index (χ3n) is 2.52. The first kappa shape index (κ1) is 13.0. The number of rotatable bonds is 3. The summed E-state index contributed by atoms with van der Waals surface area (Å²) in [5, 5.41) is 3.86. The Hall–Kier alpha value is -1.04. The Bertz CT molecular complexity index is 357. The molecule has 0 aliphatic heterocycles. The fourth-order valence-corrected chi connectivity index (χ4v) is 1.71. The van der Waals surface area contributed by atoms with Crippen LogP contribution in [0, 0.1) is 13.8 Å². The van der Waals surface area contributed by atoms with Gasteiger partial charge in [0.25, 0.3) is 0 Å². The van der Waals surface area contributed by atoms with Crippen molar-refractivity contribution in [2.45, 2.75) is 45.5 Å². The van der Waals surface area contributed by atoms with Crippen molar-refractivity contribution >= 4 is 0 Å². The minimum absolute atomic E-state index is 0.253. The lowest BCUT2D eigenvalue weighted by Gasteiger charge is -2.26. The maximum absolute atomic E-state index is 12.9. The van der Waals surface area contributed by atoms with Gasteiger partial charge in [-0.15, -0.1) is 0 Å². The van der Waals surface area contributed by atoms with Crippen molar-refractivity contribution in [3.05, 3.63) is 17.5 Å². The van der Waals surface area contributed by atoms with Gasteiger partial charge in [0.05, 0.1) is 5.69 Å². The van der Waals surface area contributed by atoms with Crippen molar-refractivity contribution < 1.29 is 13.2 Å². The van der Waals surface area contributed by atoms with Gasteiger partial charge in [-0.25, -0.2) is 0 Å². The van der Waals surface area contributed by atoms with Gasteiger partial charge < -0.3 is 5.73 Å². The van der Waals surface area contributed by atoms with Crippen LogP contribution in [-0.4, -0.2) is 22.0 Å². The number of hydrogen-bond acceptors (Lipinski definition) is 2. The molecule has 0 saturated heterocycles. The molecule has 92 valence electrons. The highest BCUT2D eigenvalue weighted by Crippen LogP contribution is 2.34. The first-order valence-corrected chi connectivity index (χ1v) is 5.12. The minimum atomic E-state index is -4.38. The highest BCUT2D eigenvalue weighted by Gasteiger charge is 2.45. The molecule has 0 aromatic carbocycles. The molecule has 1 heterocycles. The second-order valence-electron chi connectivity index (χ2n) is 3.93. The Morgan fingerprint density at radius 1 is 1.44 bits per heavy atom. The van der Waals surface area contributed by atoms with Crippen LogP contribution in [0.25, 0.3) is 0 Å². The predicted molar refractivity (Wildman–Crippen MR) is 55.1 cm³/mol. The normalized spacial score (nSPS) is 16.2. The molecule has 1 aromatic heterocycles. The van der Waals surface area contributed by atoms with Crippen molar-refractivity contribution in [3.63, 3.8) is 0 Å². The van der Waals surface area contributed by atoms with Gasteiger partial charge in [0.1, 0.15) is 0 Å². The number of nitrogens with two attached hydrogens (primary N) is 1. The van der Waals surface area contributed by atoms with Gasteiger partial charge in [-0.2, -0.15) is 18.3 Å². The lowest BCUT2D eigenvalue weighted by Crippen LogP contribution is -2.42. The van der Waals surface area contributed by atoms with E-state index in [0.29, 0.717) is 11.4 Å². The van der Waals surface area contributed by atoms with Crippen LogP contribution in [0.1, 0.15) is 30.8 Å². The van der Waals surface area contributed by atoms with E-state index in [1.807, 2.05) is 0 Å². The number of alkyl halides is 3. The summed E-state index contributed by atoms with van der Waals surface area (Å²) in [6, 6.07) is -1.11. The number of hydrogen-bond donors (Lipinski definition) is 1. The molecule has 16 heavy (non-hydrogen) atoms. The molecule has 0 radical (unpaired) electrons. The first-order valence-electron chi connectivity index (χ1n) is 5.12. The molecule has 2 unspecified atom stereocenters. The van der Waals surface area contributed by atoms with E-state index in [2.05, 4.69) is 5.10 Å². The van der Waals surface area contributed by atoms with Gasteiger partial charge in [0.2, 0.25) is 0 Å². The third-order valence-corrected chi connectivity index (χ3v) is 2.52. The zero-order valence-corrected chi connectivity index (χ0v) is 9.54. The molecular weight excluding hydrogens is 219 g/mol. The number of aromatic nitrogens is 2. The SMILES string of the molecule is CCC(N)C(n1nc(C)cc1C)C(F)(F)F. The average molecular weight is 235 g/mol. The summed E-state index contributed by atoms with van der Waals surface area (Å²) in [5.74, 6) is 0. The Kier molecular flexibility index (Phi) is 3.62. The van der Waals surface area contributed by atoms with E-state index in [4.69, 9.17) is 5.73 Å². The highest BCUT2D eigenvalue weighted by molar-refractivity contribution is 5.09. The van der Waals surface area contributed by atoms with Crippen LogP contribution in [0.4, 0.5) is 13.2 Å². The zero-order chi connectivity index (χ0) is 12.5. The standard InChI is InChI=1S/C10H16F3N3/c1-4-8(14)9(10(11,12)13)16-7(3)5-6(2)15-16/h5,8-9H,4,14H2,1-3H3. The molecular formula is C10H16F3N3. The second-order valence-corrected chi connectivity index (χ2v) is 3.93. The van der Waals surface area contributed by atoms with Crippen LogP contribution in [0.5, 0.6) is 0 Å². The van der Waals surface area contributed by atoms with Crippen LogP contribution < -0.4 is 5.73 Å². The summed E-state index contributed by atoms with van der Waals surface area (Å²) in [5.41, 5.74) is 6.57. The summed E-state index contributed by atoms with van der Waals surface area (Å²) < 4.78 is 39.7. The molecule has 6 heteroatoms. The molecule has 0 amide bonds. The maximum atomic E-state index is 12.9. The summed E-state index contributed by atoms with van der Waals surface area (Å²) >= 11 is 0. The summed E-state index contributed by atoms with van der Waals surface area (Å²) in [4.78, 5) is 0. The third kappa shape index (κ3) is 2.55. The molecule has 0 bridgehead atoms. The molecule has 0 aliphatic rings. The minimum Gasteiger partial charge on any atom is -0.326 e. The van der Waals surface area contributed by atoms with Gasteiger partial charge >= 0.3 is 6.18 Å². The van der Waals surface area contributed by atoms with Crippen molar-refractivity contribution in [1.29, 1.82) is 0 Å². The molecule has 2 atom stereocenters. The van der Waals surface area contributed by atoms with Crippen molar-refractivity contribution in [2.24, 2.45) is 5.73 Å². The predicted octanol–water partition coefficient (Wildman–Crippen LogP) is 2.34. The van der Waals surface area contributed by atoms with Crippen LogP contribution >= 0.6 is 0 Å². The van der Waals surface area contributed by atoms with Gasteiger partial charge in [-0.1, -0.05) is 6.92 Å². The van der Waals surface area contributed by atoms with Gasteiger partial charge in [0.15, 0.2) is 6.04 Å². The van der Waals surface area contributed by atoms with Crippen LogP contribution in [0.2, 0.25) is 0 Å². The summed E-state index contributed by atoms with van der Waals surface area (Å²) in [6.07, 6.45) is -4.12. The van der Waals surface area contributed by atoms with Crippen molar-refractivity contribution in [3.8, 4) is 0 Å². The maximum Gasteiger partial charge on any atom is 0.412 e. The largest absolute Gasteiger partial charge is 0.412 e. The molecule has 1 aromatic rings. The van der Waals surface area contributed by atoms with Crippen LogP contribution in [0.3, 0.4) is 0 Å². The van der Waals surface area contributed by atoms with E-state index < -0.39 is 18.3 Å². The summed E-state index contributed by atoms with van der Waals surface area (Å²) in [6.45, 7) is 4.89. The number of aryl methyl sites for hydroxylation is 2. The molecule has 2 N–H and O–H groups in total. The molecule has 0 saturated carbocycles. The quantitative estimate of drug-likeness (QED) is 0.873. The van der Waals surface area contributed by atoms with E-state index in [9.17, 15) is 13.2 Å². The van der Waals surface area contributed by atoms with E-state index in [-0.39, 0.29) is 6.42 Å².